The molecule has 0 saturated heterocycles. The first kappa shape index (κ1) is 11.3. The predicted octanol–water partition coefficient (Wildman–Crippen LogP) is 2.17. The molecule has 4 heteroatoms. The molecule has 0 aromatic carbocycles. The van der Waals surface area contributed by atoms with Crippen molar-refractivity contribution in [2.75, 3.05) is 18.5 Å². The van der Waals surface area contributed by atoms with Gasteiger partial charge in [-0.15, -0.1) is 0 Å². The van der Waals surface area contributed by atoms with Crippen LogP contribution in [0.2, 0.25) is 5.15 Å². The van der Waals surface area contributed by atoms with E-state index in [1.54, 1.807) is 6.07 Å². The van der Waals surface area contributed by atoms with Crippen LogP contribution in [0.3, 0.4) is 0 Å². The highest BCUT2D eigenvalue weighted by molar-refractivity contribution is 6.29. The Hall–Kier alpha value is -0.800. The first-order valence-electron chi connectivity index (χ1n) is 4.69. The summed E-state index contributed by atoms with van der Waals surface area (Å²) in [4.78, 5) is 4.10. The van der Waals surface area contributed by atoms with E-state index < -0.39 is 0 Å². The van der Waals surface area contributed by atoms with E-state index in [4.69, 9.17) is 16.7 Å². The van der Waals surface area contributed by atoms with Crippen molar-refractivity contribution in [2.45, 2.75) is 13.3 Å². The smallest absolute Gasteiger partial charge is 0.131 e. The van der Waals surface area contributed by atoms with Gasteiger partial charge in [0, 0.05) is 13.2 Å². The van der Waals surface area contributed by atoms with E-state index in [0.29, 0.717) is 11.1 Å². The van der Waals surface area contributed by atoms with Crippen molar-refractivity contribution in [3.63, 3.8) is 0 Å². The molecular weight excluding hydrogens is 200 g/mol. The fourth-order valence-corrected chi connectivity index (χ4v) is 1.27. The summed E-state index contributed by atoms with van der Waals surface area (Å²) in [6, 6.07) is 5.47. The molecule has 0 saturated carbocycles. The van der Waals surface area contributed by atoms with E-state index in [1.165, 1.54) is 0 Å². The van der Waals surface area contributed by atoms with Crippen LogP contribution in [-0.2, 0) is 0 Å². The monoisotopic (exact) mass is 214 g/mol. The Morgan fingerprint density at radius 3 is 3.00 bits per heavy atom. The summed E-state index contributed by atoms with van der Waals surface area (Å²) in [5.41, 5.74) is 0. The molecule has 0 aliphatic rings. The van der Waals surface area contributed by atoms with Crippen LogP contribution >= 0.6 is 11.6 Å². The van der Waals surface area contributed by atoms with Gasteiger partial charge in [0.1, 0.15) is 11.0 Å². The Labute approximate surface area is 89.1 Å². The zero-order valence-electron chi connectivity index (χ0n) is 8.20. The topological polar surface area (TPSA) is 45.1 Å². The molecule has 2 N–H and O–H groups in total. The highest BCUT2D eigenvalue weighted by Crippen LogP contribution is 2.10. The Morgan fingerprint density at radius 1 is 1.57 bits per heavy atom. The van der Waals surface area contributed by atoms with E-state index in [9.17, 15) is 0 Å². The highest BCUT2D eigenvalue weighted by Gasteiger charge is 2.01. The predicted molar refractivity (Wildman–Crippen MR) is 58.6 cm³/mol. The standard InChI is InChI=1S/C10H15ClN2O/c1-8(5-6-14)7-12-10-4-2-3-9(11)13-10/h2-4,8,14H,5-7H2,1H3,(H,12,13). The largest absolute Gasteiger partial charge is 0.396 e. The molecule has 1 aromatic heterocycles. The van der Waals surface area contributed by atoms with Gasteiger partial charge in [0.25, 0.3) is 0 Å². The lowest BCUT2D eigenvalue weighted by Gasteiger charge is -2.11. The molecular formula is C10H15ClN2O. The summed E-state index contributed by atoms with van der Waals surface area (Å²) >= 11 is 5.73. The van der Waals surface area contributed by atoms with Crippen LogP contribution in [0.5, 0.6) is 0 Å². The fraction of sp³-hybridized carbons (Fsp3) is 0.500. The number of hydrogen-bond acceptors (Lipinski definition) is 3. The molecule has 0 spiro atoms. The SMILES string of the molecule is CC(CCO)CNc1cccc(Cl)n1. The summed E-state index contributed by atoms with van der Waals surface area (Å²) in [5.74, 6) is 1.21. The van der Waals surface area contributed by atoms with Gasteiger partial charge in [0.2, 0.25) is 0 Å². The van der Waals surface area contributed by atoms with Crippen molar-refractivity contribution in [1.29, 1.82) is 0 Å². The summed E-state index contributed by atoms with van der Waals surface area (Å²) in [5, 5.41) is 12.4. The van der Waals surface area contributed by atoms with Crippen molar-refractivity contribution in [3.05, 3.63) is 23.4 Å². The van der Waals surface area contributed by atoms with Gasteiger partial charge < -0.3 is 10.4 Å². The minimum atomic E-state index is 0.228. The normalized spacial score (nSPS) is 12.5. The van der Waals surface area contributed by atoms with E-state index in [2.05, 4.69) is 17.2 Å². The zero-order valence-corrected chi connectivity index (χ0v) is 8.96. The maximum absolute atomic E-state index is 8.71. The molecule has 0 fully saturated rings. The molecule has 0 amide bonds. The molecule has 0 aliphatic carbocycles. The maximum atomic E-state index is 8.71. The molecule has 1 rings (SSSR count). The van der Waals surface area contributed by atoms with Gasteiger partial charge in [0.15, 0.2) is 0 Å². The molecule has 1 unspecified atom stereocenters. The van der Waals surface area contributed by atoms with Gasteiger partial charge >= 0.3 is 0 Å². The summed E-state index contributed by atoms with van der Waals surface area (Å²) in [6.45, 7) is 3.10. The molecule has 0 radical (unpaired) electrons. The minimum absolute atomic E-state index is 0.228. The summed E-state index contributed by atoms with van der Waals surface area (Å²) in [7, 11) is 0. The van der Waals surface area contributed by atoms with Crippen LogP contribution in [0, 0.1) is 5.92 Å². The third kappa shape index (κ3) is 3.94. The maximum Gasteiger partial charge on any atom is 0.131 e. The Morgan fingerprint density at radius 2 is 2.36 bits per heavy atom. The average molecular weight is 215 g/mol. The van der Waals surface area contributed by atoms with Crippen molar-refractivity contribution >= 4 is 17.4 Å². The quantitative estimate of drug-likeness (QED) is 0.739. The molecule has 1 heterocycles. The number of rotatable bonds is 5. The number of halogens is 1. The van der Waals surface area contributed by atoms with Crippen LogP contribution in [-0.4, -0.2) is 23.2 Å². The number of aliphatic hydroxyl groups is 1. The Kier molecular flexibility index (Phi) is 4.70. The second kappa shape index (κ2) is 5.83. The molecule has 1 aromatic rings. The first-order chi connectivity index (χ1) is 6.72. The zero-order chi connectivity index (χ0) is 10.4. The van der Waals surface area contributed by atoms with Gasteiger partial charge in [-0.05, 0) is 24.5 Å². The minimum Gasteiger partial charge on any atom is -0.396 e. The van der Waals surface area contributed by atoms with Crippen molar-refractivity contribution in [1.82, 2.24) is 4.98 Å². The van der Waals surface area contributed by atoms with Crippen LogP contribution in [0.1, 0.15) is 13.3 Å². The number of aromatic nitrogens is 1. The second-order valence-electron chi connectivity index (χ2n) is 3.34. The number of nitrogens with one attached hydrogen (secondary N) is 1. The van der Waals surface area contributed by atoms with Crippen molar-refractivity contribution in [2.24, 2.45) is 5.92 Å². The number of nitrogens with zero attached hydrogens (tertiary/aromatic N) is 1. The average Bonchev–Trinajstić information content (AvgIpc) is 2.15. The third-order valence-electron chi connectivity index (χ3n) is 1.97. The molecule has 78 valence electrons. The number of pyridine rings is 1. The van der Waals surface area contributed by atoms with Gasteiger partial charge in [-0.1, -0.05) is 24.6 Å². The van der Waals surface area contributed by atoms with Gasteiger partial charge in [-0.2, -0.15) is 0 Å². The molecule has 0 bridgehead atoms. The lowest BCUT2D eigenvalue weighted by Crippen LogP contribution is -2.13. The lowest BCUT2D eigenvalue weighted by molar-refractivity contribution is 0.266. The van der Waals surface area contributed by atoms with Crippen molar-refractivity contribution < 1.29 is 5.11 Å². The highest BCUT2D eigenvalue weighted by atomic mass is 35.5. The number of aliphatic hydroxyl groups excluding tert-OH is 1. The van der Waals surface area contributed by atoms with Crippen LogP contribution in [0.4, 0.5) is 5.82 Å². The van der Waals surface area contributed by atoms with E-state index in [-0.39, 0.29) is 6.61 Å². The van der Waals surface area contributed by atoms with Crippen LogP contribution in [0.15, 0.2) is 18.2 Å². The molecule has 3 nitrogen and oxygen atoms in total. The van der Waals surface area contributed by atoms with E-state index in [0.717, 1.165) is 18.8 Å². The van der Waals surface area contributed by atoms with Gasteiger partial charge in [-0.25, -0.2) is 4.98 Å². The molecule has 1 atom stereocenters. The van der Waals surface area contributed by atoms with Crippen LogP contribution < -0.4 is 5.32 Å². The summed E-state index contributed by atoms with van der Waals surface area (Å²) in [6.07, 6.45) is 0.799. The molecule has 0 aliphatic heterocycles. The van der Waals surface area contributed by atoms with Crippen molar-refractivity contribution in [3.8, 4) is 0 Å². The second-order valence-corrected chi connectivity index (χ2v) is 3.73. The first-order valence-corrected chi connectivity index (χ1v) is 5.07. The van der Waals surface area contributed by atoms with Crippen LogP contribution in [0.25, 0.3) is 0 Å². The lowest BCUT2D eigenvalue weighted by atomic mass is 10.1. The molecule has 14 heavy (non-hydrogen) atoms. The summed E-state index contributed by atoms with van der Waals surface area (Å²) < 4.78 is 0. The Bertz CT molecular complexity index is 281. The van der Waals surface area contributed by atoms with E-state index >= 15 is 0 Å². The van der Waals surface area contributed by atoms with Gasteiger partial charge in [0.05, 0.1) is 0 Å². The third-order valence-corrected chi connectivity index (χ3v) is 2.18. The number of hydrogen-bond donors (Lipinski definition) is 2. The Balaban J connectivity index is 2.37. The van der Waals surface area contributed by atoms with E-state index in [1.807, 2.05) is 12.1 Å². The number of anilines is 1. The van der Waals surface area contributed by atoms with Gasteiger partial charge in [-0.3, -0.25) is 0 Å². The fourth-order valence-electron chi connectivity index (χ4n) is 1.11.